The molecule has 1 atom stereocenters. The van der Waals surface area contributed by atoms with Crippen LogP contribution in [0.15, 0.2) is 39.6 Å². The molecule has 0 radical (unpaired) electrons. The molecule has 2 bridgehead atoms. The lowest BCUT2D eigenvalue weighted by Gasteiger charge is -2.44. The number of amides is 1. The number of methoxy groups -OCH3 is 1. The highest BCUT2D eigenvalue weighted by atomic mass is 32.2. The van der Waals surface area contributed by atoms with Gasteiger partial charge in [0.05, 0.1) is 17.5 Å². The van der Waals surface area contributed by atoms with Crippen molar-refractivity contribution in [2.45, 2.75) is 28.0 Å². The fourth-order valence-corrected chi connectivity index (χ4v) is 5.46. The summed E-state index contributed by atoms with van der Waals surface area (Å²) in [5.74, 6) is 1.41. The van der Waals surface area contributed by atoms with Gasteiger partial charge in [0.25, 0.3) is 5.91 Å². The van der Waals surface area contributed by atoms with Gasteiger partial charge in [0.1, 0.15) is 5.75 Å². The zero-order chi connectivity index (χ0) is 17.2. The Morgan fingerprint density at radius 3 is 2.96 bits per heavy atom. The van der Waals surface area contributed by atoms with Crippen molar-refractivity contribution >= 4 is 29.0 Å². The van der Waals surface area contributed by atoms with E-state index in [0.717, 1.165) is 21.4 Å². The molecule has 5 rings (SSSR count). The Hall–Kier alpha value is -1.57. The highest BCUT2D eigenvalue weighted by Crippen LogP contribution is 2.34. The van der Waals surface area contributed by atoms with Crippen molar-refractivity contribution in [1.82, 2.24) is 15.2 Å². The highest BCUT2D eigenvalue weighted by Gasteiger charge is 2.35. The largest absolute Gasteiger partial charge is 0.497 e. The topological polar surface area (TPSA) is 54.5 Å². The predicted octanol–water partition coefficient (Wildman–Crippen LogP) is 3.13. The number of carbonyl (C=O) groups is 1. The molecule has 0 aliphatic carbocycles. The van der Waals surface area contributed by atoms with E-state index in [4.69, 9.17) is 4.74 Å². The summed E-state index contributed by atoms with van der Waals surface area (Å²) in [6.45, 7) is 3.33. The van der Waals surface area contributed by atoms with Crippen LogP contribution in [0, 0.1) is 5.92 Å². The Labute approximate surface area is 155 Å². The van der Waals surface area contributed by atoms with Crippen LogP contribution in [0.25, 0.3) is 0 Å². The fraction of sp³-hybridized carbons (Fsp3) is 0.444. The molecular formula is C18H21N3O2S2. The summed E-state index contributed by atoms with van der Waals surface area (Å²) < 4.78 is 6.26. The second kappa shape index (κ2) is 7.35. The zero-order valence-corrected chi connectivity index (χ0v) is 15.7. The molecule has 3 aliphatic heterocycles. The third kappa shape index (κ3) is 3.83. The van der Waals surface area contributed by atoms with Gasteiger partial charge in [0.2, 0.25) is 0 Å². The average molecular weight is 376 g/mol. The average Bonchev–Trinajstić information content (AvgIpc) is 3.11. The quantitative estimate of drug-likeness (QED) is 0.870. The lowest BCUT2D eigenvalue weighted by atomic mass is 9.84. The minimum Gasteiger partial charge on any atom is -0.497 e. The van der Waals surface area contributed by atoms with E-state index in [1.54, 1.807) is 25.1 Å². The Kier molecular flexibility index (Phi) is 4.96. The number of nitrogens with zero attached hydrogens (tertiary/aromatic N) is 2. The van der Waals surface area contributed by atoms with Crippen LogP contribution < -0.4 is 10.1 Å². The van der Waals surface area contributed by atoms with Gasteiger partial charge in [-0.3, -0.25) is 4.79 Å². The summed E-state index contributed by atoms with van der Waals surface area (Å²) in [6.07, 6.45) is 4.17. The number of piperidine rings is 3. The Morgan fingerprint density at radius 1 is 1.40 bits per heavy atom. The number of benzene rings is 1. The van der Waals surface area contributed by atoms with Crippen LogP contribution in [-0.2, 0) is 0 Å². The second-order valence-electron chi connectivity index (χ2n) is 6.48. The van der Waals surface area contributed by atoms with Crippen LogP contribution in [0.3, 0.4) is 0 Å². The maximum absolute atomic E-state index is 12.5. The minimum atomic E-state index is -0.0405. The van der Waals surface area contributed by atoms with Crippen molar-refractivity contribution in [3.05, 3.63) is 35.5 Å². The molecule has 2 aromatic rings. The lowest BCUT2D eigenvalue weighted by Crippen LogP contribution is -2.57. The molecule has 132 valence electrons. The number of hydrogen-bond donors (Lipinski definition) is 1. The number of rotatable bonds is 5. The van der Waals surface area contributed by atoms with E-state index in [1.165, 1.54) is 37.3 Å². The number of nitrogens with one attached hydrogen (secondary N) is 1. The van der Waals surface area contributed by atoms with Crippen molar-refractivity contribution in [3.63, 3.8) is 0 Å². The lowest BCUT2D eigenvalue weighted by molar-refractivity contribution is 0.0620. The first-order chi connectivity index (χ1) is 12.2. The maximum atomic E-state index is 12.5. The molecular weight excluding hydrogens is 354 g/mol. The van der Waals surface area contributed by atoms with Crippen molar-refractivity contribution in [2.75, 3.05) is 26.7 Å². The molecule has 0 spiro atoms. The van der Waals surface area contributed by atoms with Gasteiger partial charge in [-0.25, -0.2) is 4.98 Å². The first kappa shape index (κ1) is 16.9. The van der Waals surface area contributed by atoms with E-state index in [1.807, 2.05) is 24.3 Å². The van der Waals surface area contributed by atoms with Gasteiger partial charge in [-0.05, 0) is 50.0 Å². The summed E-state index contributed by atoms with van der Waals surface area (Å²) in [7, 11) is 1.66. The second-order valence-corrected chi connectivity index (χ2v) is 8.89. The predicted molar refractivity (Wildman–Crippen MR) is 99.6 cm³/mol. The summed E-state index contributed by atoms with van der Waals surface area (Å²) in [5, 5.41) is 3.74. The van der Waals surface area contributed by atoms with E-state index in [-0.39, 0.29) is 11.9 Å². The summed E-state index contributed by atoms with van der Waals surface area (Å²) >= 11 is 3.04. The SMILES string of the molecule is COc1cccc(Sc2cnc(C(=O)N[C@H]3CN4CCC3CC4)s2)c1. The van der Waals surface area contributed by atoms with Crippen molar-refractivity contribution in [2.24, 2.45) is 5.92 Å². The van der Waals surface area contributed by atoms with Gasteiger partial charge in [-0.2, -0.15) is 0 Å². The number of fused-ring (bicyclic) bond motifs is 3. The standard InChI is InChI=1S/C18H21N3O2S2/c1-23-13-3-2-4-14(9-13)24-16-10-19-18(25-16)17(22)20-15-11-21-7-5-12(15)6-8-21/h2-4,9-10,12,15H,5-8,11H2,1H3,(H,20,22)/t15-/m0/s1. The molecule has 0 unspecified atom stereocenters. The number of aromatic nitrogens is 1. The smallest absolute Gasteiger partial charge is 0.280 e. The molecule has 4 heterocycles. The number of carbonyl (C=O) groups excluding carboxylic acids is 1. The van der Waals surface area contributed by atoms with Gasteiger partial charge in [-0.15, -0.1) is 11.3 Å². The van der Waals surface area contributed by atoms with Crippen molar-refractivity contribution < 1.29 is 9.53 Å². The molecule has 3 aliphatic rings. The van der Waals surface area contributed by atoms with Crippen LogP contribution >= 0.6 is 23.1 Å². The van der Waals surface area contributed by atoms with Crippen molar-refractivity contribution in [1.29, 1.82) is 0 Å². The van der Waals surface area contributed by atoms with Crippen LogP contribution in [0.1, 0.15) is 22.6 Å². The zero-order valence-electron chi connectivity index (χ0n) is 14.1. The number of ether oxygens (including phenoxy) is 1. The van der Waals surface area contributed by atoms with E-state index < -0.39 is 0 Å². The number of hydrogen-bond acceptors (Lipinski definition) is 6. The maximum Gasteiger partial charge on any atom is 0.280 e. The molecule has 0 saturated carbocycles. The molecule has 5 nitrogen and oxygen atoms in total. The monoisotopic (exact) mass is 375 g/mol. The van der Waals surface area contributed by atoms with E-state index in [9.17, 15) is 4.79 Å². The molecule has 7 heteroatoms. The van der Waals surface area contributed by atoms with Crippen LogP contribution in [-0.4, -0.2) is 48.6 Å². The molecule has 1 aromatic heterocycles. The van der Waals surface area contributed by atoms with Gasteiger partial charge in [0.15, 0.2) is 5.01 Å². The van der Waals surface area contributed by atoms with Crippen LogP contribution in [0.5, 0.6) is 5.75 Å². The third-order valence-corrected chi connectivity index (χ3v) is 7.00. The summed E-state index contributed by atoms with van der Waals surface area (Å²) in [5.41, 5.74) is 0. The van der Waals surface area contributed by atoms with E-state index >= 15 is 0 Å². The van der Waals surface area contributed by atoms with E-state index in [0.29, 0.717) is 10.9 Å². The van der Waals surface area contributed by atoms with Crippen molar-refractivity contribution in [3.8, 4) is 5.75 Å². The summed E-state index contributed by atoms with van der Waals surface area (Å²) in [6, 6.07) is 8.16. The Balaban J connectivity index is 1.39. The molecule has 3 fully saturated rings. The molecule has 1 N–H and O–H groups in total. The highest BCUT2D eigenvalue weighted by molar-refractivity contribution is 8.01. The first-order valence-corrected chi connectivity index (χ1v) is 10.2. The summed E-state index contributed by atoms with van der Waals surface area (Å²) in [4.78, 5) is 20.4. The molecule has 1 amide bonds. The Morgan fingerprint density at radius 2 is 2.24 bits per heavy atom. The molecule has 1 aromatic carbocycles. The first-order valence-electron chi connectivity index (χ1n) is 8.52. The van der Waals surface area contributed by atoms with Gasteiger partial charge in [0, 0.05) is 17.5 Å². The fourth-order valence-electron chi connectivity index (χ4n) is 3.55. The van der Waals surface area contributed by atoms with Crippen LogP contribution in [0.4, 0.5) is 0 Å². The Bertz CT molecular complexity index is 756. The van der Waals surface area contributed by atoms with Gasteiger partial charge >= 0.3 is 0 Å². The minimum absolute atomic E-state index is 0.0405. The molecule has 3 saturated heterocycles. The van der Waals surface area contributed by atoms with E-state index in [2.05, 4.69) is 15.2 Å². The van der Waals surface area contributed by atoms with Gasteiger partial charge in [-0.1, -0.05) is 17.8 Å². The van der Waals surface area contributed by atoms with Gasteiger partial charge < -0.3 is 15.0 Å². The number of thiazole rings is 1. The van der Waals surface area contributed by atoms with Crippen LogP contribution in [0.2, 0.25) is 0 Å². The molecule has 25 heavy (non-hydrogen) atoms. The normalized spacial score (nSPS) is 24.9. The third-order valence-electron chi connectivity index (χ3n) is 4.91.